The molecule has 25 heavy (non-hydrogen) atoms. The average Bonchev–Trinajstić information content (AvgIpc) is 3.19. The number of nitriles is 1. The van der Waals surface area contributed by atoms with Gasteiger partial charge in [0.15, 0.2) is 11.4 Å². The molecular weight excluding hydrogens is 355 g/mol. The standard InChI is InChI=1S/C15H10F3N5OS/c1-2-11-13(12-10(7-19)21-23-22-12)20-14(25-11)8-4-3-5-9(6-8)24-15(16,17)18/h3-6H,2H2,1H3,(H,21,22,23). The third kappa shape index (κ3) is 3.61. The Morgan fingerprint density at radius 1 is 1.28 bits per heavy atom. The number of aromatic amines is 1. The molecule has 0 radical (unpaired) electrons. The van der Waals surface area contributed by atoms with Gasteiger partial charge in [0.05, 0.1) is 0 Å². The van der Waals surface area contributed by atoms with E-state index in [1.165, 1.54) is 29.5 Å². The van der Waals surface area contributed by atoms with Gasteiger partial charge in [-0.2, -0.15) is 15.6 Å². The Hall–Kier alpha value is -2.93. The van der Waals surface area contributed by atoms with Crippen LogP contribution in [0.2, 0.25) is 0 Å². The minimum Gasteiger partial charge on any atom is -0.406 e. The van der Waals surface area contributed by atoms with Gasteiger partial charge in [-0.05, 0) is 18.6 Å². The summed E-state index contributed by atoms with van der Waals surface area (Å²) in [5.41, 5.74) is 1.41. The highest BCUT2D eigenvalue weighted by Gasteiger charge is 2.31. The van der Waals surface area contributed by atoms with Gasteiger partial charge in [-0.1, -0.05) is 19.1 Å². The quantitative estimate of drug-likeness (QED) is 0.757. The van der Waals surface area contributed by atoms with Crippen molar-refractivity contribution in [2.75, 3.05) is 0 Å². The maximum absolute atomic E-state index is 12.4. The summed E-state index contributed by atoms with van der Waals surface area (Å²) in [6.07, 6.45) is -4.13. The topological polar surface area (TPSA) is 87.5 Å². The molecule has 2 aromatic heterocycles. The number of aromatic nitrogens is 4. The lowest BCUT2D eigenvalue weighted by molar-refractivity contribution is -0.274. The highest BCUT2D eigenvalue weighted by Crippen LogP contribution is 2.36. The average molecular weight is 365 g/mol. The van der Waals surface area contributed by atoms with Crippen molar-refractivity contribution in [2.45, 2.75) is 19.7 Å². The number of thiazole rings is 1. The molecule has 0 spiro atoms. The van der Waals surface area contributed by atoms with E-state index in [1.54, 1.807) is 6.07 Å². The first-order valence-electron chi connectivity index (χ1n) is 7.08. The number of rotatable bonds is 4. The third-order valence-electron chi connectivity index (χ3n) is 3.21. The van der Waals surface area contributed by atoms with Gasteiger partial charge in [-0.3, -0.25) is 0 Å². The van der Waals surface area contributed by atoms with Crippen molar-refractivity contribution in [1.29, 1.82) is 5.26 Å². The molecule has 1 N–H and O–H groups in total. The van der Waals surface area contributed by atoms with Crippen molar-refractivity contribution in [1.82, 2.24) is 20.4 Å². The number of aryl methyl sites for hydroxylation is 1. The minimum absolute atomic E-state index is 0.112. The summed E-state index contributed by atoms with van der Waals surface area (Å²) < 4.78 is 41.1. The van der Waals surface area contributed by atoms with E-state index in [9.17, 15) is 13.2 Å². The number of H-pyrrole nitrogens is 1. The van der Waals surface area contributed by atoms with Gasteiger partial charge >= 0.3 is 6.36 Å². The summed E-state index contributed by atoms with van der Waals surface area (Å²) in [5.74, 6) is -0.320. The monoisotopic (exact) mass is 365 g/mol. The number of benzene rings is 1. The second-order valence-corrected chi connectivity index (χ2v) is 5.94. The molecule has 3 rings (SSSR count). The molecule has 0 bridgehead atoms. The lowest BCUT2D eigenvalue weighted by Crippen LogP contribution is -2.17. The summed E-state index contributed by atoms with van der Waals surface area (Å²) in [6, 6.07) is 7.51. The van der Waals surface area contributed by atoms with E-state index in [4.69, 9.17) is 5.26 Å². The maximum Gasteiger partial charge on any atom is 0.573 e. The van der Waals surface area contributed by atoms with Gasteiger partial charge in [0.25, 0.3) is 0 Å². The van der Waals surface area contributed by atoms with Crippen LogP contribution in [0.5, 0.6) is 5.75 Å². The van der Waals surface area contributed by atoms with Crippen LogP contribution in [0.3, 0.4) is 0 Å². The first-order chi connectivity index (χ1) is 11.9. The fraction of sp³-hybridized carbons (Fsp3) is 0.200. The molecule has 0 atom stereocenters. The number of hydrogen-bond donors (Lipinski definition) is 1. The molecule has 0 amide bonds. The fourth-order valence-corrected chi connectivity index (χ4v) is 3.20. The van der Waals surface area contributed by atoms with Crippen LogP contribution >= 0.6 is 11.3 Å². The summed E-state index contributed by atoms with van der Waals surface area (Å²) >= 11 is 1.32. The predicted molar refractivity (Wildman–Crippen MR) is 83.7 cm³/mol. The lowest BCUT2D eigenvalue weighted by atomic mass is 10.2. The zero-order valence-corrected chi connectivity index (χ0v) is 13.6. The van der Waals surface area contributed by atoms with Gasteiger partial charge < -0.3 is 4.74 Å². The first-order valence-corrected chi connectivity index (χ1v) is 7.90. The van der Waals surface area contributed by atoms with E-state index in [1.807, 2.05) is 13.0 Å². The Labute approximate surface area is 143 Å². The molecule has 6 nitrogen and oxygen atoms in total. The molecule has 2 heterocycles. The highest BCUT2D eigenvalue weighted by atomic mass is 32.1. The van der Waals surface area contributed by atoms with E-state index in [-0.39, 0.29) is 11.4 Å². The predicted octanol–water partition coefficient (Wildman–Crippen LogP) is 3.93. The molecular formula is C15H10F3N5OS. The van der Waals surface area contributed by atoms with Crippen molar-refractivity contribution < 1.29 is 17.9 Å². The lowest BCUT2D eigenvalue weighted by Gasteiger charge is -2.09. The Kier molecular flexibility index (Phi) is 4.41. The summed E-state index contributed by atoms with van der Waals surface area (Å²) in [6.45, 7) is 1.91. The maximum atomic E-state index is 12.4. The highest BCUT2D eigenvalue weighted by molar-refractivity contribution is 7.15. The molecule has 0 fully saturated rings. The number of nitrogens with one attached hydrogen (secondary N) is 1. The zero-order chi connectivity index (χ0) is 18.0. The number of alkyl halides is 3. The van der Waals surface area contributed by atoms with Crippen molar-refractivity contribution >= 4 is 11.3 Å². The Balaban J connectivity index is 2.02. The normalized spacial score (nSPS) is 11.3. The van der Waals surface area contributed by atoms with Gasteiger partial charge in [0, 0.05) is 10.4 Å². The Morgan fingerprint density at radius 2 is 2.08 bits per heavy atom. The molecule has 0 saturated carbocycles. The first kappa shape index (κ1) is 16.9. The molecule has 0 aliphatic carbocycles. The van der Waals surface area contributed by atoms with Crippen LogP contribution in [-0.2, 0) is 6.42 Å². The molecule has 1 aromatic carbocycles. The van der Waals surface area contributed by atoms with Crippen molar-refractivity contribution in [2.24, 2.45) is 0 Å². The van der Waals surface area contributed by atoms with E-state index in [0.29, 0.717) is 28.4 Å². The molecule has 3 aromatic rings. The van der Waals surface area contributed by atoms with Crippen LogP contribution in [0.15, 0.2) is 24.3 Å². The Bertz CT molecular complexity index is 941. The zero-order valence-electron chi connectivity index (χ0n) is 12.8. The number of hydrogen-bond acceptors (Lipinski definition) is 6. The number of ether oxygens (including phenoxy) is 1. The van der Waals surface area contributed by atoms with E-state index in [2.05, 4.69) is 25.1 Å². The van der Waals surface area contributed by atoms with Crippen LogP contribution in [-0.4, -0.2) is 26.8 Å². The molecule has 0 aliphatic heterocycles. The van der Waals surface area contributed by atoms with Crippen molar-refractivity contribution in [3.8, 4) is 33.8 Å². The van der Waals surface area contributed by atoms with Gasteiger partial charge in [0.2, 0.25) is 0 Å². The molecule has 0 saturated heterocycles. The van der Waals surface area contributed by atoms with Crippen LogP contribution in [0.1, 0.15) is 17.5 Å². The van der Waals surface area contributed by atoms with E-state index >= 15 is 0 Å². The minimum atomic E-state index is -4.76. The number of nitrogens with zero attached hydrogens (tertiary/aromatic N) is 4. The van der Waals surface area contributed by atoms with Crippen molar-refractivity contribution in [3.63, 3.8) is 0 Å². The summed E-state index contributed by atoms with van der Waals surface area (Å²) in [7, 11) is 0. The van der Waals surface area contributed by atoms with Crippen LogP contribution in [0, 0.1) is 11.3 Å². The van der Waals surface area contributed by atoms with Crippen LogP contribution in [0.25, 0.3) is 22.0 Å². The second-order valence-electron chi connectivity index (χ2n) is 4.85. The largest absolute Gasteiger partial charge is 0.573 e. The second kappa shape index (κ2) is 6.52. The third-order valence-corrected chi connectivity index (χ3v) is 4.46. The van der Waals surface area contributed by atoms with Gasteiger partial charge in [-0.25, -0.2) is 4.98 Å². The van der Waals surface area contributed by atoms with Crippen molar-refractivity contribution in [3.05, 3.63) is 34.8 Å². The molecule has 10 heteroatoms. The summed E-state index contributed by atoms with van der Waals surface area (Å²) in [5, 5.41) is 19.7. The van der Waals surface area contributed by atoms with Gasteiger partial charge in [-0.15, -0.1) is 29.6 Å². The summed E-state index contributed by atoms with van der Waals surface area (Å²) in [4.78, 5) is 5.30. The molecule has 0 unspecified atom stereocenters. The molecule has 128 valence electrons. The smallest absolute Gasteiger partial charge is 0.406 e. The van der Waals surface area contributed by atoms with Crippen LogP contribution < -0.4 is 4.74 Å². The van der Waals surface area contributed by atoms with E-state index in [0.717, 1.165) is 4.88 Å². The molecule has 0 aliphatic rings. The van der Waals surface area contributed by atoms with E-state index < -0.39 is 6.36 Å². The Morgan fingerprint density at radius 3 is 2.76 bits per heavy atom. The van der Waals surface area contributed by atoms with Crippen LogP contribution in [0.4, 0.5) is 13.2 Å². The fourth-order valence-electron chi connectivity index (χ4n) is 2.20. The van der Waals surface area contributed by atoms with Gasteiger partial charge in [0.1, 0.15) is 22.5 Å². The number of halogens is 3. The SMILES string of the molecule is CCc1sc(-c2cccc(OC(F)(F)F)c2)nc1-c1n[nH]nc1C#N.